The summed E-state index contributed by atoms with van der Waals surface area (Å²) in [5.74, 6) is 0.148. The van der Waals surface area contributed by atoms with Gasteiger partial charge in [-0.3, -0.25) is 4.79 Å². The molecule has 0 spiro atoms. The zero-order valence-corrected chi connectivity index (χ0v) is 13.4. The summed E-state index contributed by atoms with van der Waals surface area (Å²) in [5.41, 5.74) is 2.00. The molecule has 1 N–H and O–H groups in total. The molecular formula is C16H17ClN2OS. The number of nitrogens with one attached hydrogen (secondary N) is 1. The SMILES string of the molecule is CC1(C(=O)NCc2csc(Cc3ccc(Cl)cc3)n2)CC1. The fourth-order valence-electron chi connectivity index (χ4n) is 2.09. The molecule has 2 aromatic rings. The molecule has 1 saturated carbocycles. The lowest BCUT2D eigenvalue weighted by Gasteiger charge is -2.08. The summed E-state index contributed by atoms with van der Waals surface area (Å²) >= 11 is 7.51. The van der Waals surface area contributed by atoms with E-state index in [1.807, 2.05) is 36.6 Å². The standard InChI is InChI=1S/C16H17ClN2OS/c1-16(6-7-16)15(20)18-9-13-10-21-14(19-13)8-11-2-4-12(17)5-3-11/h2-5,10H,6-9H2,1H3,(H,18,20). The predicted octanol–water partition coefficient (Wildman–Crippen LogP) is 3.80. The molecule has 0 aliphatic heterocycles. The highest BCUT2D eigenvalue weighted by molar-refractivity contribution is 7.09. The number of nitrogens with zero attached hydrogens (tertiary/aromatic N) is 1. The summed E-state index contributed by atoms with van der Waals surface area (Å²) in [6.07, 6.45) is 2.79. The molecule has 3 nitrogen and oxygen atoms in total. The van der Waals surface area contributed by atoms with E-state index in [4.69, 9.17) is 11.6 Å². The summed E-state index contributed by atoms with van der Waals surface area (Å²) < 4.78 is 0. The zero-order chi connectivity index (χ0) is 14.9. The van der Waals surface area contributed by atoms with Crippen LogP contribution in [-0.2, 0) is 17.8 Å². The van der Waals surface area contributed by atoms with Gasteiger partial charge in [0.05, 0.1) is 17.2 Å². The first-order valence-corrected chi connectivity index (χ1v) is 8.27. The van der Waals surface area contributed by atoms with Crippen LogP contribution in [0.4, 0.5) is 0 Å². The molecule has 1 amide bonds. The van der Waals surface area contributed by atoms with E-state index in [-0.39, 0.29) is 11.3 Å². The third-order valence-corrected chi connectivity index (χ3v) is 5.00. The summed E-state index contributed by atoms with van der Waals surface area (Å²) in [6.45, 7) is 2.53. The highest BCUT2D eigenvalue weighted by atomic mass is 35.5. The van der Waals surface area contributed by atoms with Gasteiger partial charge in [0, 0.05) is 22.2 Å². The number of rotatable bonds is 5. The minimum atomic E-state index is -0.123. The largest absolute Gasteiger partial charge is 0.350 e. The molecule has 0 radical (unpaired) electrons. The van der Waals surface area contributed by atoms with E-state index < -0.39 is 0 Å². The zero-order valence-electron chi connectivity index (χ0n) is 11.9. The molecule has 110 valence electrons. The molecule has 1 aromatic heterocycles. The Morgan fingerprint density at radius 2 is 2.10 bits per heavy atom. The predicted molar refractivity (Wildman–Crippen MR) is 85.6 cm³/mol. The summed E-state index contributed by atoms with van der Waals surface area (Å²) in [6, 6.07) is 7.81. The quantitative estimate of drug-likeness (QED) is 0.910. The monoisotopic (exact) mass is 320 g/mol. The average molecular weight is 321 g/mol. The van der Waals surface area contributed by atoms with Gasteiger partial charge in [0.2, 0.25) is 5.91 Å². The van der Waals surface area contributed by atoms with E-state index in [0.29, 0.717) is 6.54 Å². The molecule has 0 saturated heterocycles. The molecule has 21 heavy (non-hydrogen) atoms. The van der Waals surface area contributed by atoms with Crippen molar-refractivity contribution in [1.82, 2.24) is 10.3 Å². The van der Waals surface area contributed by atoms with Gasteiger partial charge in [0.25, 0.3) is 0 Å². The smallest absolute Gasteiger partial charge is 0.226 e. The minimum absolute atomic E-state index is 0.123. The van der Waals surface area contributed by atoms with E-state index in [1.165, 1.54) is 5.56 Å². The normalized spacial score (nSPS) is 15.7. The molecule has 3 rings (SSSR count). The number of halogens is 1. The first-order valence-electron chi connectivity index (χ1n) is 7.01. The average Bonchev–Trinajstić information content (AvgIpc) is 3.07. The van der Waals surface area contributed by atoms with Gasteiger partial charge in [-0.1, -0.05) is 30.7 Å². The fraction of sp³-hybridized carbons (Fsp3) is 0.375. The molecule has 1 aromatic carbocycles. The van der Waals surface area contributed by atoms with Crippen molar-refractivity contribution < 1.29 is 4.79 Å². The van der Waals surface area contributed by atoms with E-state index in [2.05, 4.69) is 10.3 Å². The Hall–Kier alpha value is -1.39. The van der Waals surface area contributed by atoms with Gasteiger partial charge in [0.1, 0.15) is 0 Å². The molecule has 1 fully saturated rings. The number of carbonyl (C=O) groups excluding carboxylic acids is 1. The Bertz CT molecular complexity index is 647. The minimum Gasteiger partial charge on any atom is -0.350 e. The van der Waals surface area contributed by atoms with Gasteiger partial charge in [0.15, 0.2) is 0 Å². The van der Waals surface area contributed by atoms with Crippen molar-refractivity contribution >= 4 is 28.8 Å². The van der Waals surface area contributed by atoms with Crippen LogP contribution in [0.5, 0.6) is 0 Å². The van der Waals surface area contributed by atoms with Gasteiger partial charge >= 0.3 is 0 Å². The maximum atomic E-state index is 11.9. The van der Waals surface area contributed by atoms with E-state index in [9.17, 15) is 4.79 Å². The number of carbonyl (C=O) groups is 1. The van der Waals surface area contributed by atoms with Gasteiger partial charge in [-0.2, -0.15) is 0 Å². The van der Waals surface area contributed by atoms with Crippen LogP contribution in [0.3, 0.4) is 0 Å². The highest BCUT2D eigenvalue weighted by Gasteiger charge is 2.44. The van der Waals surface area contributed by atoms with E-state index in [0.717, 1.165) is 35.0 Å². The number of amides is 1. The second-order valence-corrected chi connectivity index (χ2v) is 7.16. The summed E-state index contributed by atoms with van der Waals surface area (Å²) in [5, 5.41) is 6.79. The van der Waals surface area contributed by atoms with Crippen LogP contribution in [-0.4, -0.2) is 10.9 Å². The molecule has 0 atom stereocenters. The van der Waals surface area contributed by atoms with Crippen LogP contribution in [0, 0.1) is 5.41 Å². The van der Waals surface area contributed by atoms with Crippen LogP contribution in [0.15, 0.2) is 29.6 Å². The van der Waals surface area contributed by atoms with Crippen molar-refractivity contribution in [3.63, 3.8) is 0 Å². The Morgan fingerprint density at radius 3 is 2.76 bits per heavy atom. The lowest BCUT2D eigenvalue weighted by molar-refractivity contribution is -0.125. The van der Waals surface area contributed by atoms with Crippen LogP contribution in [0.25, 0.3) is 0 Å². The van der Waals surface area contributed by atoms with Crippen LogP contribution < -0.4 is 5.32 Å². The van der Waals surface area contributed by atoms with Crippen molar-refractivity contribution in [2.24, 2.45) is 5.41 Å². The molecule has 1 aliphatic rings. The van der Waals surface area contributed by atoms with Crippen LogP contribution >= 0.6 is 22.9 Å². The molecule has 5 heteroatoms. The van der Waals surface area contributed by atoms with Crippen molar-refractivity contribution in [3.8, 4) is 0 Å². The highest BCUT2D eigenvalue weighted by Crippen LogP contribution is 2.45. The number of thiazole rings is 1. The fourth-order valence-corrected chi connectivity index (χ4v) is 3.04. The van der Waals surface area contributed by atoms with Gasteiger partial charge < -0.3 is 5.32 Å². The first kappa shape index (κ1) is 14.5. The molecule has 1 heterocycles. The number of hydrogen-bond acceptors (Lipinski definition) is 3. The summed E-state index contributed by atoms with van der Waals surface area (Å²) in [4.78, 5) is 16.5. The molecule has 0 bridgehead atoms. The van der Waals surface area contributed by atoms with Gasteiger partial charge in [-0.15, -0.1) is 11.3 Å². The van der Waals surface area contributed by atoms with Crippen molar-refractivity contribution in [2.75, 3.05) is 0 Å². The van der Waals surface area contributed by atoms with Crippen molar-refractivity contribution in [2.45, 2.75) is 32.7 Å². The summed E-state index contributed by atoms with van der Waals surface area (Å²) in [7, 11) is 0. The van der Waals surface area contributed by atoms with Crippen molar-refractivity contribution in [1.29, 1.82) is 0 Å². The number of hydrogen-bond donors (Lipinski definition) is 1. The van der Waals surface area contributed by atoms with Gasteiger partial charge in [-0.25, -0.2) is 4.98 Å². The third kappa shape index (κ3) is 3.63. The third-order valence-electron chi connectivity index (χ3n) is 3.85. The Labute approximate surface area is 133 Å². The molecule has 1 aliphatic carbocycles. The molecular weight excluding hydrogens is 304 g/mol. The number of benzene rings is 1. The van der Waals surface area contributed by atoms with Crippen molar-refractivity contribution in [3.05, 3.63) is 50.9 Å². The maximum Gasteiger partial charge on any atom is 0.226 e. The maximum absolute atomic E-state index is 11.9. The Morgan fingerprint density at radius 1 is 1.38 bits per heavy atom. The Balaban J connectivity index is 1.56. The topological polar surface area (TPSA) is 42.0 Å². The second kappa shape index (κ2) is 5.78. The lowest BCUT2D eigenvalue weighted by Crippen LogP contribution is -2.29. The van der Waals surface area contributed by atoms with Gasteiger partial charge in [-0.05, 0) is 30.5 Å². The van der Waals surface area contributed by atoms with E-state index >= 15 is 0 Å². The molecule has 0 unspecified atom stereocenters. The first-order chi connectivity index (χ1) is 10.0. The Kier molecular flexibility index (Phi) is 4.00. The lowest BCUT2D eigenvalue weighted by atomic mass is 10.1. The van der Waals surface area contributed by atoms with Crippen LogP contribution in [0.2, 0.25) is 5.02 Å². The number of aromatic nitrogens is 1. The van der Waals surface area contributed by atoms with Crippen LogP contribution in [0.1, 0.15) is 36.0 Å². The second-order valence-electron chi connectivity index (χ2n) is 5.78. The van der Waals surface area contributed by atoms with E-state index in [1.54, 1.807) is 11.3 Å².